The molecular formula is C26H27Cl2F2N3O7S. The number of piperidine rings is 1. The summed E-state index contributed by atoms with van der Waals surface area (Å²) in [7, 11) is 0. The third-order valence-corrected chi connectivity index (χ3v) is 8.77. The quantitative estimate of drug-likeness (QED) is 0.316. The molecule has 0 bridgehead atoms. The van der Waals surface area contributed by atoms with Crippen LogP contribution in [0.3, 0.4) is 0 Å². The monoisotopic (exact) mass is 633 g/mol. The standard InChI is InChI=1S/C22H21Cl2F2N3OS.C4H6O6/c1-14-15(12-29(27-14)18-5-3-2-4-17(18)23)11-28-8-6-21(7-9-28)20-16(10-19(24)31-20)22(25,26)13-30-21;5-1(3(7)8)2(6)4(9)10/h2-5,10,12H,6-9,11,13H2,1H3;1-2,5-6H,(H,7,8)(H,9,10)/t;1-,2-/m.1/s1. The van der Waals surface area contributed by atoms with Crippen molar-refractivity contribution in [1.29, 1.82) is 0 Å². The zero-order valence-corrected chi connectivity index (χ0v) is 24.0. The number of carboxylic acids is 2. The van der Waals surface area contributed by atoms with Crippen molar-refractivity contribution in [1.82, 2.24) is 14.7 Å². The number of likely N-dealkylation sites (tertiary alicyclic amines) is 1. The second-order valence-electron chi connectivity index (χ2n) is 9.76. The molecule has 2 aliphatic rings. The summed E-state index contributed by atoms with van der Waals surface area (Å²) < 4.78 is 36.6. The predicted molar refractivity (Wildman–Crippen MR) is 146 cm³/mol. The second kappa shape index (κ2) is 12.3. The van der Waals surface area contributed by atoms with Crippen LogP contribution in [0.25, 0.3) is 5.69 Å². The summed E-state index contributed by atoms with van der Waals surface area (Å²) in [6.45, 7) is 3.63. The van der Waals surface area contributed by atoms with Gasteiger partial charge in [-0.05, 0) is 38.0 Å². The Morgan fingerprint density at radius 1 is 1.12 bits per heavy atom. The number of rotatable bonds is 6. The molecule has 4 heterocycles. The van der Waals surface area contributed by atoms with Crippen LogP contribution in [0.5, 0.6) is 0 Å². The Kier molecular flexibility index (Phi) is 9.38. The molecule has 10 nitrogen and oxygen atoms in total. The van der Waals surface area contributed by atoms with Crippen molar-refractivity contribution in [3.63, 3.8) is 0 Å². The number of aliphatic carboxylic acids is 2. The smallest absolute Gasteiger partial charge is 0.335 e. The van der Waals surface area contributed by atoms with E-state index in [4.69, 9.17) is 48.4 Å². The zero-order chi connectivity index (χ0) is 30.1. The van der Waals surface area contributed by atoms with Crippen LogP contribution in [-0.2, 0) is 32.4 Å². The van der Waals surface area contributed by atoms with Crippen LogP contribution in [-0.4, -0.2) is 78.9 Å². The largest absolute Gasteiger partial charge is 0.479 e. The third kappa shape index (κ3) is 6.72. The number of para-hydroxylation sites is 1. The number of hydrogen-bond donors (Lipinski definition) is 4. The average molecular weight is 634 g/mol. The van der Waals surface area contributed by atoms with Gasteiger partial charge >= 0.3 is 11.9 Å². The third-order valence-electron chi connectivity index (χ3n) is 7.00. The van der Waals surface area contributed by atoms with E-state index in [2.05, 4.69) is 10.00 Å². The van der Waals surface area contributed by atoms with Gasteiger partial charge in [-0.2, -0.15) is 13.9 Å². The lowest BCUT2D eigenvalue weighted by Gasteiger charge is -2.45. The first-order chi connectivity index (χ1) is 19.2. The van der Waals surface area contributed by atoms with E-state index >= 15 is 0 Å². The van der Waals surface area contributed by atoms with Gasteiger partial charge in [0.2, 0.25) is 0 Å². The summed E-state index contributed by atoms with van der Waals surface area (Å²) in [5.41, 5.74) is 2.28. The van der Waals surface area contributed by atoms with Crippen molar-refractivity contribution in [3.05, 3.63) is 67.6 Å². The van der Waals surface area contributed by atoms with Crippen molar-refractivity contribution in [2.75, 3.05) is 19.7 Å². The molecule has 1 spiro atoms. The Bertz CT molecular complexity index is 1410. The maximum atomic E-state index is 14.3. The number of aryl methyl sites for hydroxylation is 1. The molecule has 1 aromatic carbocycles. The molecule has 2 aromatic heterocycles. The lowest BCUT2D eigenvalue weighted by molar-refractivity contribution is -0.182. The Morgan fingerprint density at radius 3 is 2.32 bits per heavy atom. The normalized spacial score (nSPS) is 19.1. The highest BCUT2D eigenvalue weighted by Crippen LogP contribution is 2.52. The first kappa shape index (κ1) is 31.3. The Labute approximate surface area is 247 Å². The number of aliphatic hydroxyl groups is 2. The summed E-state index contributed by atoms with van der Waals surface area (Å²) in [6.07, 6.45) is -1.21. The molecule has 2 atom stereocenters. The number of fused-ring (bicyclic) bond motifs is 2. The van der Waals surface area contributed by atoms with Crippen LogP contribution in [0, 0.1) is 6.92 Å². The molecule has 4 N–H and O–H groups in total. The van der Waals surface area contributed by atoms with Gasteiger partial charge in [-0.25, -0.2) is 14.3 Å². The van der Waals surface area contributed by atoms with Crippen LogP contribution in [0.4, 0.5) is 8.78 Å². The molecule has 1 fully saturated rings. The predicted octanol–water partition coefficient (Wildman–Crippen LogP) is 4.04. The minimum atomic E-state index is -2.98. The lowest BCUT2D eigenvalue weighted by atomic mass is 9.84. The van der Waals surface area contributed by atoms with Crippen LogP contribution < -0.4 is 0 Å². The summed E-state index contributed by atoms with van der Waals surface area (Å²) in [5, 5.41) is 37.8. The molecule has 0 saturated carbocycles. The molecule has 0 unspecified atom stereocenters. The van der Waals surface area contributed by atoms with E-state index in [0.717, 1.165) is 36.6 Å². The lowest BCUT2D eigenvalue weighted by Crippen LogP contribution is -2.48. The minimum absolute atomic E-state index is 0.0408. The van der Waals surface area contributed by atoms with E-state index in [0.29, 0.717) is 27.1 Å². The van der Waals surface area contributed by atoms with Crippen molar-refractivity contribution in [2.45, 2.75) is 50.0 Å². The number of aliphatic hydroxyl groups excluding tert-OH is 2. The molecule has 1 saturated heterocycles. The van der Waals surface area contributed by atoms with Crippen LogP contribution in [0.15, 0.2) is 36.5 Å². The fourth-order valence-electron chi connectivity index (χ4n) is 4.71. The number of nitrogens with zero attached hydrogens (tertiary/aromatic N) is 3. The van der Waals surface area contributed by atoms with Gasteiger partial charge in [-0.1, -0.05) is 35.3 Å². The second-order valence-corrected chi connectivity index (χ2v) is 11.8. The molecular weight excluding hydrogens is 607 g/mol. The highest BCUT2D eigenvalue weighted by molar-refractivity contribution is 7.16. The van der Waals surface area contributed by atoms with Crippen molar-refractivity contribution < 1.29 is 43.5 Å². The number of benzene rings is 1. The van der Waals surface area contributed by atoms with Crippen molar-refractivity contribution in [3.8, 4) is 5.69 Å². The molecule has 2 aliphatic heterocycles. The molecule has 5 rings (SSSR count). The van der Waals surface area contributed by atoms with Gasteiger partial charge in [-0.3, -0.25) is 4.90 Å². The fraction of sp³-hybridized carbons (Fsp3) is 0.423. The first-order valence-electron chi connectivity index (χ1n) is 12.4. The number of aromatic nitrogens is 2. The molecule has 15 heteroatoms. The number of hydrogen-bond acceptors (Lipinski definition) is 8. The van der Waals surface area contributed by atoms with Gasteiger partial charge < -0.3 is 25.2 Å². The van der Waals surface area contributed by atoms with E-state index < -0.39 is 42.3 Å². The number of ether oxygens (including phenoxy) is 1. The summed E-state index contributed by atoms with van der Waals surface area (Å²) in [6, 6.07) is 9.01. The number of alkyl halides is 2. The van der Waals surface area contributed by atoms with E-state index in [9.17, 15) is 18.4 Å². The van der Waals surface area contributed by atoms with E-state index in [1.807, 2.05) is 42.1 Å². The summed E-state index contributed by atoms with van der Waals surface area (Å²) in [5.74, 6) is -6.52. The Morgan fingerprint density at radius 2 is 1.73 bits per heavy atom. The number of halogens is 4. The van der Waals surface area contributed by atoms with Crippen LogP contribution >= 0.6 is 34.5 Å². The minimum Gasteiger partial charge on any atom is -0.479 e. The van der Waals surface area contributed by atoms with Gasteiger partial charge in [0.1, 0.15) is 12.2 Å². The molecule has 0 amide bonds. The molecule has 41 heavy (non-hydrogen) atoms. The first-order valence-corrected chi connectivity index (χ1v) is 14.0. The highest BCUT2D eigenvalue weighted by Gasteiger charge is 2.51. The SMILES string of the molecule is Cc1nn(-c2ccccc2Cl)cc1CN1CCC2(CC1)OCC(F)(F)c1cc(Cl)sc12.O=C(O)[C@H](O)[C@@H](O)C(=O)O. The van der Waals surface area contributed by atoms with Gasteiger partial charge in [-0.15, -0.1) is 11.3 Å². The van der Waals surface area contributed by atoms with Crippen molar-refractivity contribution in [2.24, 2.45) is 0 Å². The van der Waals surface area contributed by atoms with Gasteiger partial charge in [0.05, 0.1) is 20.7 Å². The maximum absolute atomic E-state index is 14.3. The average Bonchev–Trinajstić information content (AvgIpc) is 3.51. The van der Waals surface area contributed by atoms with Crippen LogP contribution in [0.2, 0.25) is 9.36 Å². The Hall–Kier alpha value is -2.65. The molecule has 0 radical (unpaired) electrons. The fourth-order valence-corrected chi connectivity index (χ4v) is 6.41. The van der Waals surface area contributed by atoms with E-state index in [1.165, 1.54) is 17.4 Å². The van der Waals surface area contributed by atoms with E-state index in [1.54, 1.807) is 0 Å². The van der Waals surface area contributed by atoms with E-state index in [-0.39, 0.29) is 5.56 Å². The summed E-state index contributed by atoms with van der Waals surface area (Å²) >= 11 is 13.6. The number of thiophene rings is 1. The number of carbonyl (C=O) groups is 2. The molecule has 3 aromatic rings. The van der Waals surface area contributed by atoms with Crippen molar-refractivity contribution >= 4 is 46.5 Å². The zero-order valence-electron chi connectivity index (χ0n) is 21.6. The Balaban J connectivity index is 0.000000334. The highest BCUT2D eigenvalue weighted by atomic mass is 35.5. The maximum Gasteiger partial charge on any atom is 0.335 e. The summed E-state index contributed by atoms with van der Waals surface area (Å²) in [4.78, 5) is 22.5. The van der Waals surface area contributed by atoms with Gasteiger partial charge in [0.25, 0.3) is 5.92 Å². The van der Waals surface area contributed by atoms with Gasteiger partial charge in [0, 0.05) is 41.8 Å². The van der Waals surface area contributed by atoms with Crippen LogP contribution in [0.1, 0.15) is 34.5 Å². The number of carboxylic acid groups (broad SMARTS) is 2. The molecule has 222 valence electrons. The van der Waals surface area contributed by atoms with Gasteiger partial charge in [0.15, 0.2) is 12.2 Å². The topological polar surface area (TPSA) is 145 Å². The molecule has 0 aliphatic carbocycles.